The molecule has 7 heteroatoms. The second-order valence-corrected chi connectivity index (χ2v) is 6.96. The minimum atomic E-state index is -3.56. The second-order valence-electron chi connectivity index (χ2n) is 6.96. The second kappa shape index (κ2) is 7.50. The summed E-state index contributed by atoms with van der Waals surface area (Å²) in [5.41, 5.74) is 0.825. The Morgan fingerprint density at radius 2 is 1.77 bits per heavy atom. The lowest BCUT2D eigenvalue weighted by Gasteiger charge is -2.40. The van der Waals surface area contributed by atoms with Gasteiger partial charge in [0.25, 0.3) is 0 Å². The lowest BCUT2D eigenvalue weighted by atomic mass is 10.1. The van der Waals surface area contributed by atoms with Gasteiger partial charge in [-0.05, 0) is 30.5 Å². The van der Waals surface area contributed by atoms with Gasteiger partial charge in [-0.3, -0.25) is 9.80 Å². The fourth-order valence-electron chi connectivity index (χ4n) is 3.77. The summed E-state index contributed by atoms with van der Waals surface area (Å²) in [6, 6.07) is 5.52. The molecule has 0 amide bonds. The Bertz CT molecular complexity index is 654. The number of nitrogens with zero attached hydrogens (tertiary/aromatic N) is 2. The highest BCUT2D eigenvalue weighted by Crippen LogP contribution is 2.41. The van der Waals surface area contributed by atoms with Crippen molar-refractivity contribution in [3.8, 4) is 11.5 Å². The van der Waals surface area contributed by atoms with E-state index in [4.69, 9.17) is 4.74 Å². The molecule has 3 aliphatic heterocycles. The van der Waals surface area contributed by atoms with Crippen LogP contribution in [-0.4, -0.2) is 68.1 Å². The van der Waals surface area contributed by atoms with Crippen LogP contribution in [0.5, 0.6) is 11.5 Å². The highest BCUT2D eigenvalue weighted by Gasteiger charge is 2.43. The van der Waals surface area contributed by atoms with E-state index in [0.717, 1.165) is 64.3 Å². The van der Waals surface area contributed by atoms with Crippen LogP contribution in [0.15, 0.2) is 24.3 Å². The average molecular weight is 366 g/mol. The Kier molecular flexibility index (Phi) is 5.11. The van der Waals surface area contributed by atoms with E-state index in [1.165, 1.54) is 6.07 Å². The van der Waals surface area contributed by atoms with E-state index in [-0.39, 0.29) is 11.5 Å². The van der Waals surface area contributed by atoms with Crippen molar-refractivity contribution in [3.05, 3.63) is 29.8 Å². The average Bonchev–Trinajstić information content (AvgIpc) is 2.96. The maximum atomic E-state index is 13.0. The highest BCUT2D eigenvalue weighted by molar-refractivity contribution is 5.56. The fraction of sp³-hybridized carbons (Fsp3) is 0.579. The predicted octanol–water partition coefficient (Wildman–Crippen LogP) is 2.82. The monoisotopic (exact) mass is 366 g/mol. The van der Waals surface area contributed by atoms with Gasteiger partial charge in [0.2, 0.25) is 0 Å². The molecule has 142 valence electrons. The summed E-state index contributed by atoms with van der Waals surface area (Å²) < 4.78 is 40.4. The zero-order valence-corrected chi connectivity index (χ0v) is 14.7. The van der Waals surface area contributed by atoms with Gasteiger partial charge in [0, 0.05) is 52.0 Å². The third-order valence-electron chi connectivity index (χ3n) is 5.21. The molecule has 2 saturated heterocycles. The number of benzene rings is 1. The van der Waals surface area contributed by atoms with Gasteiger partial charge in [-0.15, -0.1) is 8.78 Å². The number of alkyl halides is 2. The van der Waals surface area contributed by atoms with Gasteiger partial charge < -0.3 is 14.2 Å². The van der Waals surface area contributed by atoms with E-state index in [1.54, 1.807) is 12.1 Å². The topological polar surface area (TPSA) is 34.2 Å². The number of rotatable bonds is 4. The Morgan fingerprint density at radius 3 is 2.54 bits per heavy atom. The Morgan fingerprint density at radius 1 is 1.04 bits per heavy atom. The first-order valence-corrected chi connectivity index (χ1v) is 9.20. The Hall–Kier alpha value is -1.70. The molecule has 3 aliphatic rings. The Labute approximate surface area is 152 Å². The number of fused-ring (bicyclic) bond motifs is 1. The molecule has 0 saturated carbocycles. The molecule has 0 N–H and O–H groups in total. The van der Waals surface area contributed by atoms with Gasteiger partial charge in [0.1, 0.15) is 0 Å². The molecule has 0 atom stereocenters. The highest BCUT2D eigenvalue weighted by atomic mass is 19.3. The maximum absolute atomic E-state index is 13.0. The van der Waals surface area contributed by atoms with Gasteiger partial charge >= 0.3 is 6.29 Å². The molecule has 0 aliphatic carbocycles. The van der Waals surface area contributed by atoms with Crippen LogP contribution < -0.4 is 9.47 Å². The van der Waals surface area contributed by atoms with E-state index >= 15 is 0 Å². The Balaban J connectivity index is 1.25. The van der Waals surface area contributed by atoms with Crippen molar-refractivity contribution in [2.24, 2.45) is 0 Å². The smallest absolute Gasteiger partial charge is 0.395 e. The summed E-state index contributed by atoms with van der Waals surface area (Å²) in [7, 11) is 0. The predicted molar refractivity (Wildman–Crippen MR) is 93.5 cm³/mol. The van der Waals surface area contributed by atoms with Crippen LogP contribution in [0.3, 0.4) is 0 Å². The number of hydrogen-bond acceptors (Lipinski definition) is 5. The van der Waals surface area contributed by atoms with Crippen LogP contribution in [0, 0.1) is 0 Å². The summed E-state index contributed by atoms with van der Waals surface area (Å²) in [6.45, 7) is 6.91. The van der Waals surface area contributed by atoms with Crippen LogP contribution >= 0.6 is 0 Å². The molecule has 2 fully saturated rings. The third kappa shape index (κ3) is 4.16. The zero-order chi connectivity index (χ0) is 18.0. The molecule has 0 unspecified atom stereocenters. The van der Waals surface area contributed by atoms with Crippen molar-refractivity contribution in [1.82, 2.24) is 9.80 Å². The first-order valence-electron chi connectivity index (χ1n) is 9.20. The van der Waals surface area contributed by atoms with Crippen molar-refractivity contribution < 1.29 is 23.0 Å². The van der Waals surface area contributed by atoms with Crippen molar-refractivity contribution >= 4 is 6.08 Å². The lowest BCUT2D eigenvalue weighted by Crippen LogP contribution is -2.51. The van der Waals surface area contributed by atoms with E-state index in [9.17, 15) is 8.78 Å². The quantitative estimate of drug-likeness (QED) is 0.819. The normalized spacial score (nSPS) is 24.4. The van der Waals surface area contributed by atoms with Gasteiger partial charge in [-0.25, -0.2) is 0 Å². The summed E-state index contributed by atoms with van der Waals surface area (Å²) in [4.78, 5) is 4.99. The number of hydrogen-bond donors (Lipinski definition) is 0. The minimum absolute atomic E-state index is 0.0800. The molecule has 0 radical (unpaired) electrons. The summed E-state index contributed by atoms with van der Waals surface area (Å²) in [6.07, 6.45) is 2.73. The van der Waals surface area contributed by atoms with Crippen molar-refractivity contribution in [3.63, 3.8) is 0 Å². The molecule has 1 aromatic rings. The zero-order valence-electron chi connectivity index (χ0n) is 14.7. The molecule has 0 spiro atoms. The van der Waals surface area contributed by atoms with E-state index in [0.29, 0.717) is 6.04 Å². The van der Waals surface area contributed by atoms with Crippen molar-refractivity contribution in [2.75, 3.05) is 45.9 Å². The SMILES string of the molecule is FC1(F)Oc2ccc(/C=C/CN3CCN(C4CCOCC4)CC3)cc2O1. The third-order valence-corrected chi connectivity index (χ3v) is 5.21. The number of ether oxygens (including phenoxy) is 3. The van der Waals surface area contributed by atoms with Gasteiger partial charge in [-0.1, -0.05) is 18.2 Å². The molecule has 26 heavy (non-hydrogen) atoms. The van der Waals surface area contributed by atoms with Crippen LogP contribution in [0.1, 0.15) is 18.4 Å². The first-order chi connectivity index (χ1) is 12.6. The van der Waals surface area contributed by atoms with E-state index < -0.39 is 6.29 Å². The van der Waals surface area contributed by atoms with Crippen LogP contribution in [0.25, 0.3) is 6.08 Å². The summed E-state index contributed by atoms with van der Waals surface area (Å²) in [5, 5.41) is 0. The van der Waals surface area contributed by atoms with E-state index in [2.05, 4.69) is 25.3 Å². The minimum Gasteiger partial charge on any atom is -0.395 e. The van der Waals surface area contributed by atoms with Gasteiger partial charge in [0.15, 0.2) is 11.5 Å². The van der Waals surface area contributed by atoms with E-state index in [1.807, 2.05) is 6.08 Å². The largest absolute Gasteiger partial charge is 0.586 e. The van der Waals surface area contributed by atoms with Gasteiger partial charge in [0.05, 0.1) is 0 Å². The molecular weight excluding hydrogens is 342 g/mol. The molecule has 0 bridgehead atoms. The maximum Gasteiger partial charge on any atom is 0.586 e. The molecule has 3 heterocycles. The summed E-state index contributed by atoms with van der Waals surface area (Å²) in [5.74, 6) is 0.165. The van der Waals surface area contributed by atoms with Crippen LogP contribution in [0.2, 0.25) is 0 Å². The van der Waals surface area contributed by atoms with Crippen LogP contribution in [-0.2, 0) is 4.74 Å². The van der Waals surface area contributed by atoms with Crippen LogP contribution in [0.4, 0.5) is 8.78 Å². The molecule has 0 aromatic heterocycles. The number of piperazine rings is 1. The van der Waals surface area contributed by atoms with Crippen molar-refractivity contribution in [1.29, 1.82) is 0 Å². The number of halogens is 2. The van der Waals surface area contributed by atoms with Crippen molar-refractivity contribution in [2.45, 2.75) is 25.2 Å². The first kappa shape index (κ1) is 17.7. The summed E-state index contributed by atoms with van der Waals surface area (Å²) >= 11 is 0. The standard InChI is InChI=1S/C19H24F2N2O3/c20-19(21)25-17-4-3-15(14-18(17)26-19)2-1-7-22-8-10-23(11-9-22)16-5-12-24-13-6-16/h1-4,14,16H,5-13H2/b2-1+. The molecular formula is C19H24F2N2O3. The molecule has 4 rings (SSSR count). The molecule has 1 aromatic carbocycles. The lowest BCUT2D eigenvalue weighted by molar-refractivity contribution is -0.286. The molecule has 5 nitrogen and oxygen atoms in total. The fourth-order valence-corrected chi connectivity index (χ4v) is 3.77. The van der Waals surface area contributed by atoms with Gasteiger partial charge in [-0.2, -0.15) is 0 Å².